The van der Waals surface area contributed by atoms with Crippen molar-refractivity contribution in [1.82, 2.24) is 14.8 Å². The minimum Gasteiger partial charge on any atom is -0.481 e. The molecule has 0 aliphatic carbocycles. The predicted octanol–water partition coefficient (Wildman–Crippen LogP) is 1.72. The van der Waals surface area contributed by atoms with Crippen molar-refractivity contribution in [3.8, 4) is 0 Å². The first kappa shape index (κ1) is 17.4. The van der Waals surface area contributed by atoms with Crippen molar-refractivity contribution >= 4 is 29.7 Å². The predicted molar refractivity (Wildman–Crippen MR) is 82.7 cm³/mol. The van der Waals surface area contributed by atoms with Gasteiger partial charge in [0.15, 0.2) is 0 Å². The second-order valence-corrected chi connectivity index (χ2v) is 5.79. The molecular weight excluding hydrogens is 298 g/mol. The zero-order valence-corrected chi connectivity index (χ0v) is 13.4. The molecule has 0 unspecified atom stereocenters. The van der Waals surface area contributed by atoms with Gasteiger partial charge in [-0.2, -0.15) is 0 Å². The number of aliphatic carboxylic acids is 1. The fourth-order valence-electron chi connectivity index (χ4n) is 2.24. The van der Waals surface area contributed by atoms with Crippen LogP contribution in [-0.2, 0) is 17.8 Å². The number of halogens is 1. The van der Waals surface area contributed by atoms with Crippen LogP contribution in [0.15, 0.2) is 5.38 Å². The van der Waals surface area contributed by atoms with E-state index in [0.717, 1.165) is 39.1 Å². The highest BCUT2D eigenvalue weighted by atomic mass is 35.5. The van der Waals surface area contributed by atoms with Crippen molar-refractivity contribution < 1.29 is 9.90 Å². The van der Waals surface area contributed by atoms with Crippen molar-refractivity contribution in [1.29, 1.82) is 0 Å². The average molecular weight is 320 g/mol. The van der Waals surface area contributed by atoms with Gasteiger partial charge in [-0.3, -0.25) is 9.69 Å². The molecule has 2 heterocycles. The molecule has 5 nitrogen and oxygen atoms in total. The van der Waals surface area contributed by atoms with Crippen molar-refractivity contribution in [2.75, 3.05) is 32.7 Å². The molecule has 1 aliphatic rings. The Kier molecular flexibility index (Phi) is 7.43. The topological polar surface area (TPSA) is 56.7 Å². The third-order valence-electron chi connectivity index (χ3n) is 3.39. The molecule has 1 aromatic rings. The number of hydrogen-bond acceptors (Lipinski definition) is 5. The van der Waals surface area contributed by atoms with Gasteiger partial charge in [0.05, 0.1) is 17.1 Å². The average Bonchev–Trinajstić information content (AvgIpc) is 2.85. The normalized spacial score (nSPS) is 16.9. The number of piperazine rings is 1. The first-order valence-corrected chi connectivity index (χ1v) is 7.65. The molecule has 0 aromatic carbocycles. The lowest BCUT2D eigenvalue weighted by atomic mass is 10.2. The monoisotopic (exact) mass is 319 g/mol. The molecule has 0 saturated carbocycles. The van der Waals surface area contributed by atoms with E-state index >= 15 is 0 Å². The maximum atomic E-state index is 10.5. The zero-order valence-electron chi connectivity index (χ0n) is 11.7. The lowest BCUT2D eigenvalue weighted by molar-refractivity contribution is -0.137. The molecule has 20 heavy (non-hydrogen) atoms. The summed E-state index contributed by atoms with van der Waals surface area (Å²) < 4.78 is 0. The quantitative estimate of drug-likeness (QED) is 0.865. The summed E-state index contributed by atoms with van der Waals surface area (Å²) in [5.74, 6) is -0.711. The van der Waals surface area contributed by atoms with E-state index in [1.807, 2.05) is 0 Å². The van der Waals surface area contributed by atoms with E-state index in [1.165, 1.54) is 10.7 Å². The van der Waals surface area contributed by atoms with Gasteiger partial charge in [-0.15, -0.1) is 23.7 Å². The smallest absolute Gasteiger partial charge is 0.304 e. The third kappa shape index (κ3) is 5.36. The molecule has 7 heteroatoms. The fraction of sp³-hybridized carbons (Fsp3) is 0.692. The molecular formula is C13H22ClN3O2S. The van der Waals surface area contributed by atoms with Crippen LogP contribution in [0.3, 0.4) is 0 Å². The van der Waals surface area contributed by atoms with Gasteiger partial charge >= 0.3 is 5.97 Å². The molecule has 0 amide bonds. The SMILES string of the molecule is CCc1nc(CN2CCN(CCC(=O)O)CC2)cs1.Cl. The summed E-state index contributed by atoms with van der Waals surface area (Å²) in [5, 5.41) is 12.0. The van der Waals surface area contributed by atoms with Crippen molar-refractivity contribution in [2.45, 2.75) is 26.3 Å². The van der Waals surface area contributed by atoms with Crippen molar-refractivity contribution in [3.05, 3.63) is 16.1 Å². The van der Waals surface area contributed by atoms with Gasteiger partial charge in [-0.25, -0.2) is 4.98 Å². The highest BCUT2D eigenvalue weighted by molar-refractivity contribution is 7.09. The zero-order chi connectivity index (χ0) is 13.7. The van der Waals surface area contributed by atoms with Gasteiger partial charge in [0.1, 0.15) is 0 Å². The largest absolute Gasteiger partial charge is 0.481 e. The number of hydrogen-bond donors (Lipinski definition) is 1. The lowest BCUT2D eigenvalue weighted by Crippen LogP contribution is -2.46. The van der Waals surface area contributed by atoms with Gasteiger partial charge in [-0.1, -0.05) is 6.92 Å². The first-order valence-electron chi connectivity index (χ1n) is 6.77. The second-order valence-electron chi connectivity index (χ2n) is 4.85. The van der Waals surface area contributed by atoms with E-state index in [9.17, 15) is 4.79 Å². The Morgan fingerprint density at radius 1 is 1.35 bits per heavy atom. The maximum absolute atomic E-state index is 10.5. The third-order valence-corrected chi connectivity index (χ3v) is 4.44. The number of carboxylic acid groups (broad SMARTS) is 1. The first-order chi connectivity index (χ1) is 9.17. The van der Waals surface area contributed by atoms with E-state index in [-0.39, 0.29) is 18.8 Å². The van der Waals surface area contributed by atoms with Crippen LogP contribution >= 0.6 is 23.7 Å². The number of aromatic nitrogens is 1. The molecule has 0 spiro atoms. The standard InChI is InChI=1S/C13H21N3O2S.ClH/c1-2-12-14-11(10-19-12)9-16-7-5-15(6-8-16)4-3-13(17)18;/h10H,2-9H2,1H3,(H,17,18);1H. The summed E-state index contributed by atoms with van der Waals surface area (Å²) in [6.45, 7) is 7.63. The molecule has 1 saturated heterocycles. The molecule has 0 radical (unpaired) electrons. The Morgan fingerprint density at radius 3 is 2.55 bits per heavy atom. The molecule has 1 aliphatic heterocycles. The number of rotatable bonds is 6. The Hall–Kier alpha value is -0.690. The van der Waals surface area contributed by atoms with Crippen LogP contribution in [0.2, 0.25) is 0 Å². The number of carbonyl (C=O) groups is 1. The Morgan fingerprint density at radius 2 is 2.00 bits per heavy atom. The summed E-state index contributed by atoms with van der Waals surface area (Å²) in [6.07, 6.45) is 1.25. The van der Waals surface area contributed by atoms with Crippen LogP contribution in [0.25, 0.3) is 0 Å². The van der Waals surface area contributed by atoms with E-state index < -0.39 is 5.97 Å². The van der Waals surface area contributed by atoms with Crippen LogP contribution in [0.1, 0.15) is 24.0 Å². The van der Waals surface area contributed by atoms with Crippen molar-refractivity contribution in [2.24, 2.45) is 0 Å². The summed E-state index contributed by atoms with van der Waals surface area (Å²) in [5.41, 5.74) is 1.17. The van der Waals surface area contributed by atoms with Crippen molar-refractivity contribution in [3.63, 3.8) is 0 Å². The Balaban J connectivity index is 0.00000200. The van der Waals surface area contributed by atoms with Gasteiger partial charge in [0, 0.05) is 44.6 Å². The number of carboxylic acids is 1. The molecule has 1 N–H and O–H groups in total. The maximum Gasteiger partial charge on any atom is 0.304 e. The Labute approximate surface area is 130 Å². The molecule has 114 valence electrons. The minimum atomic E-state index is -0.711. The highest BCUT2D eigenvalue weighted by Gasteiger charge is 2.18. The van der Waals surface area contributed by atoms with Crippen LogP contribution in [0, 0.1) is 0 Å². The number of aryl methyl sites for hydroxylation is 1. The summed E-state index contributed by atoms with van der Waals surface area (Å²) >= 11 is 1.74. The number of thiazole rings is 1. The second kappa shape index (κ2) is 8.56. The molecule has 2 rings (SSSR count). The van der Waals surface area contributed by atoms with E-state index in [1.54, 1.807) is 11.3 Å². The molecule has 1 aromatic heterocycles. The van der Waals surface area contributed by atoms with Gasteiger partial charge < -0.3 is 10.0 Å². The molecule has 0 bridgehead atoms. The Bertz CT molecular complexity index is 420. The summed E-state index contributed by atoms with van der Waals surface area (Å²) in [7, 11) is 0. The van der Waals surface area contributed by atoms with E-state index in [4.69, 9.17) is 5.11 Å². The van der Waals surface area contributed by atoms with Gasteiger partial charge in [-0.05, 0) is 6.42 Å². The summed E-state index contributed by atoms with van der Waals surface area (Å²) in [4.78, 5) is 19.7. The summed E-state index contributed by atoms with van der Waals surface area (Å²) in [6, 6.07) is 0. The van der Waals surface area contributed by atoms with E-state index in [0.29, 0.717) is 6.54 Å². The molecule has 1 fully saturated rings. The van der Waals surface area contributed by atoms with E-state index in [2.05, 4.69) is 27.1 Å². The molecule has 0 atom stereocenters. The van der Waals surface area contributed by atoms with Gasteiger partial charge in [0.25, 0.3) is 0 Å². The fourth-order valence-corrected chi connectivity index (χ4v) is 2.97. The van der Waals surface area contributed by atoms with Crippen LogP contribution in [0.4, 0.5) is 0 Å². The van der Waals surface area contributed by atoms with Crippen LogP contribution in [0.5, 0.6) is 0 Å². The van der Waals surface area contributed by atoms with Crippen LogP contribution < -0.4 is 0 Å². The highest BCUT2D eigenvalue weighted by Crippen LogP contribution is 2.13. The van der Waals surface area contributed by atoms with Crippen LogP contribution in [-0.4, -0.2) is 58.6 Å². The lowest BCUT2D eigenvalue weighted by Gasteiger charge is -2.34. The van der Waals surface area contributed by atoms with Gasteiger partial charge in [0.2, 0.25) is 0 Å². The number of nitrogens with zero attached hydrogens (tertiary/aromatic N) is 3. The minimum absolute atomic E-state index is 0.